The lowest BCUT2D eigenvalue weighted by molar-refractivity contribution is 0.174. The summed E-state index contributed by atoms with van der Waals surface area (Å²) >= 11 is 0. The highest BCUT2D eigenvalue weighted by Crippen LogP contribution is 2.36. The molecule has 0 saturated heterocycles. The average Bonchev–Trinajstić information content (AvgIpc) is 3.54. The van der Waals surface area contributed by atoms with E-state index >= 15 is 0 Å². The highest BCUT2D eigenvalue weighted by Gasteiger charge is 2.19. The SMILES string of the molecule is CCc1ccc(-n2cc(-c3nc(-c4ccc5c(c4)OCO5)no3)c3ccccc3c2=O)cc1. The predicted molar refractivity (Wildman–Crippen MR) is 124 cm³/mol. The number of hydrogen-bond acceptors (Lipinski definition) is 6. The number of aromatic nitrogens is 3. The van der Waals surface area contributed by atoms with Crippen molar-refractivity contribution in [1.29, 1.82) is 0 Å². The number of rotatable bonds is 4. The van der Waals surface area contributed by atoms with Crippen LogP contribution in [0.3, 0.4) is 0 Å². The Hall–Kier alpha value is -4.39. The van der Waals surface area contributed by atoms with E-state index in [1.807, 2.05) is 66.7 Å². The Morgan fingerprint density at radius 2 is 1.73 bits per heavy atom. The molecule has 1 aliphatic heterocycles. The highest BCUT2D eigenvalue weighted by molar-refractivity contribution is 5.94. The lowest BCUT2D eigenvalue weighted by Crippen LogP contribution is -2.18. The Balaban J connectivity index is 1.50. The molecule has 0 fully saturated rings. The number of aryl methyl sites for hydroxylation is 1. The van der Waals surface area contributed by atoms with Crippen molar-refractivity contribution in [1.82, 2.24) is 14.7 Å². The van der Waals surface area contributed by atoms with Gasteiger partial charge in [0, 0.05) is 28.2 Å². The maximum absolute atomic E-state index is 13.3. The third-order valence-corrected chi connectivity index (χ3v) is 5.83. The van der Waals surface area contributed by atoms with Gasteiger partial charge in [-0.05, 0) is 48.4 Å². The van der Waals surface area contributed by atoms with Gasteiger partial charge in [0.25, 0.3) is 11.4 Å². The summed E-state index contributed by atoms with van der Waals surface area (Å²) in [5, 5.41) is 5.51. The van der Waals surface area contributed by atoms with Gasteiger partial charge in [-0.1, -0.05) is 42.4 Å². The minimum atomic E-state index is -0.103. The fraction of sp³-hybridized carbons (Fsp3) is 0.115. The molecule has 6 rings (SSSR count). The van der Waals surface area contributed by atoms with Crippen molar-refractivity contribution in [2.45, 2.75) is 13.3 Å². The summed E-state index contributed by atoms with van der Waals surface area (Å²) in [7, 11) is 0. The van der Waals surface area contributed by atoms with E-state index in [4.69, 9.17) is 14.0 Å². The molecule has 0 radical (unpaired) electrons. The monoisotopic (exact) mass is 437 g/mol. The van der Waals surface area contributed by atoms with Crippen LogP contribution in [0.15, 0.2) is 82.2 Å². The first-order chi connectivity index (χ1) is 16.2. The molecule has 7 nitrogen and oxygen atoms in total. The molecule has 0 bridgehead atoms. The van der Waals surface area contributed by atoms with Crippen LogP contribution in [0.4, 0.5) is 0 Å². The molecule has 0 saturated carbocycles. The maximum Gasteiger partial charge on any atom is 0.262 e. The van der Waals surface area contributed by atoms with E-state index in [0.29, 0.717) is 34.2 Å². The van der Waals surface area contributed by atoms with Gasteiger partial charge < -0.3 is 14.0 Å². The van der Waals surface area contributed by atoms with Crippen LogP contribution in [0.25, 0.3) is 39.3 Å². The Bertz CT molecular complexity index is 1550. The lowest BCUT2D eigenvalue weighted by Gasteiger charge is -2.11. The Kier molecular flexibility index (Phi) is 4.47. The third kappa shape index (κ3) is 3.25. The molecule has 0 atom stereocenters. The topological polar surface area (TPSA) is 79.4 Å². The quantitative estimate of drug-likeness (QED) is 0.394. The molecular weight excluding hydrogens is 418 g/mol. The minimum absolute atomic E-state index is 0.103. The van der Waals surface area contributed by atoms with Crippen molar-refractivity contribution >= 4 is 10.8 Å². The number of fused-ring (bicyclic) bond motifs is 2. The number of hydrogen-bond donors (Lipinski definition) is 0. The zero-order valence-electron chi connectivity index (χ0n) is 17.8. The van der Waals surface area contributed by atoms with Crippen molar-refractivity contribution in [3.8, 4) is 40.0 Å². The van der Waals surface area contributed by atoms with E-state index in [-0.39, 0.29) is 12.4 Å². The fourth-order valence-electron chi connectivity index (χ4n) is 4.03. The molecule has 3 heterocycles. The Labute approximate surface area is 188 Å². The van der Waals surface area contributed by atoms with E-state index in [9.17, 15) is 4.79 Å². The van der Waals surface area contributed by atoms with Gasteiger partial charge in [0.1, 0.15) is 0 Å². The van der Waals surface area contributed by atoms with Crippen LogP contribution >= 0.6 is 0 Å². The molecule has 1 aliphatic rings. The highest BCUT2D eigenvalue weighted by atomic mass is 16.7. The number of ether oxygens (including phenoxy) is 2. The van der Waals surface area contributed by atoms with E-state index in [1.54, 1.807) is 10.8 Å². The molecule has 0 spiro atoms. The van der Waals surface area contributed by atoms with Crippen molar-refractivity contribution in [3.05, 3.63) is 88.8 Å². The summed E-state index contributed by atoms with van der Waals surface area (Å²) in [6, 6.07) is 20.9. The molecule has 0 aliphatic carbocycles. The van der Waals surface area contributed by atoms with E-state index < -0.39 is 0 Å². The first kappa shape index (κ1) is 19.3. The summed E-state index contributed by atoms with van der Waals surface area (Å²) in [6.07, 6.45) is 2.70. The normalized spacial score (nSPS) is 12.4. The molecule has 33 heavy (non-hydrogen) atoms. The molecule has 2 aromatic heterocycles. The molecule has 0 amide bonds. The van der Waals surface area contributed by atoms with Gasteiger partial charge in [-0.25, -0.2) is 0 Å². The zero-order chi connectivity index (χ0) is 22.4. The number of benzene rings is 3. The van der Waals surface area contributed by atoms with Gasteiger partial charge in [-0.2, -0.15) is 4.98 Å². The Morgan fingerprint density at radius 3 is 2.55 bits per heavy atom. The largest absolute Gasteiger partial charge is 0.454 e. The maximum atomic E-state index is 13.3. The van der Waals surface area contributed by atoms with Crippen LogP contribution in [0.2, 0.25) is 0 Å². The van der Waals surface area contributed by atoms with E-state index in [0.717, 1.165) is 23.1 Å². The molecule has 0 N–H and O–H groups in total. The Morgan fingerprint density at radius 1 is 0.939 bits per heavy atom. The first-order valence-electron chi connectivity index (χ1n) is 10.7. The predicted octanol–water partition coefficient (Wildman–Crippen LogP) is 5.00. The molecule has 0 unspecified atom stereocenters. The smallest absolute Gasteiger partial charge is 0.262 e. The molecule has 162 valence electrons. The first-order valence-corrected chi connectivity index (χ1v) is 10.7. The second-order valence-electron chi connectivity index (χ2n) is 7.77. The minimum Gasteiger partial charge on any atom is -0.454 e. The van der Waals surface area contributed by atoms with Crippen molar-refractivity contribution in [2.24, 2.45) is 0 Å². The number of nitrogens with zero attached hydrogens (tertiary/aromatic N) is 3. The van der Waals surface area contributed by atoms with Crippen LogP contribution in [0.1, 0.15) is 12.5 Å². The van der Waals surface area contributed by atoms with Crippen molar-refractivity contribution in [3.63, 3.8) is 0 Å². The van der Waals surface area contributed by atoms with E-state index in [2.05, 4.69) is 17.1 Å². The fourth-order valence-corrected chi connectivity index (χ4v) is 4.03. The van der Waals surface area contributed by atoms with Crippen LogP contribution in [0, 0.1) is 0 Å². The van der Waals surface area contributed by atoms with Crippen LogP contribution in [-0.4, -0.2) is 21.5 Å². The number of pyridine rings is 1. The summed E-state index contributed by atoms with van der Waals surface area (Å²) in [5.41, 5.74) is 3.32. The van der Waals surface area contributed by atoms with Crippen LogP contribution in [0.5, 0.6) is 11.5 Å². The van der Waals surface area contributed by atoms with Gasteiger partial charge in [-0.3, -0.25) is 9.36 Å². The van der Waals surface area contributed by atoms with E-state index in [1.165, 1.54) is 5.56 Å². The summed E-state index contributed by atoms with van der Waals surface area (Å²) < 4.78 is 18.1. The standard InChI is InChI=1S/C26H19N3O4/c1-2-16-7-10-18(11-8-16)29-14-21(19-5-3-4-6-20(19)26(29)30)25-27-24(28-33-25)17-9-12-22-23(13-17)32-15-31-22/h3-14H,2,15H2,1H3. The summed E-state index contributed by atoms with van der Waals surface area (Å²) in [4.78, 5) is 17.9. The van der Waals surface area contributed by atoms with Crippen molar-refractivity contribution < 1.29 is 14.0 Å². The molecule has 5 aromatic rings. The third-order valence-electron chi connectivity index (χ3n) is 5.83. The van der Waals surface area contributed by atoms with Gasteiger partial charge in [0.2, 0.25) is 12.6 Å². The van der Waals surface area contributed by atoms with Crippen LogP contribution < -0.4 is 15.0 Å². The second-order valence-corrected chi connectivity index (χ2v) is 7.77. The van der Waals surface area contributed by atoms with Gasteiger partial charge >= 0.3 is 0 Å². The second kappa shape index (κ2) is 7.63. The zero-order valence-corrected chi connectivity index (χ0v) is 17.8. The summed E-state index contributed by atoms with van der Waals surface area (Å²) in [5.74, 6) is 2.10. The van der Waals surface area contributed by atoms with Gasteiger partial charge in [0.15, 0.2) is 11.5 Å². The van der Waals surface area contributed by atoms with Gasteiger partial charge in [-0.15, -0.1) is 0 Å². The average molecular weight is 437 g/mol. The molecule has 7 heteroatoms. The molecule has 3 aromatic carbocycles. The van der Waals surface area contributed by atoms with Crippen LogP contribution in [-0.2, 0) is 6.42 Å². The van der Waals surface area contributed by atoms with Gasteiger partial charge in [0.05, 0.1) is 5.56 Å². The lowest BCUT2D eigenvalue weighted by atomic mass is 10.1. The van der Waals surface area contributed by atoms with Crippen molar-refractivity contribution in [2.75, 3.05) is 6.79 Å². The molecular formula is C26H19N3O4. The summed E-state index contributed by atoms with van der Waals surface area (Å²) in [6.45, 7) is 2.30.